The molecule has 0 rings (SSSR count). The number of hydrogen-bond donors (Lipinski definition) is 4. The molecule has 0 aromatic heterocycles. The molecule has 0 aromatic rings. The molecule has 0 aliphatic heterocycles. The second-order valence-corrected chi connectivity index (χ2v) is 3.64. The van der Waals surface area contributed by atoms with Crippen LogP contribution < -0.4 is 0 Å². The number of ether oxygens (including phenoxy) is 1. The van der Waals surface area contributed by atoms with Crippen molar-refractivity contribution in [1.82, 2.24) is 0 Å². The van der Waals surface area contributed by atoms with Crippen molar-refractivity contribution in [3.05, 3.63) is 0 Å². The normalized spacial score (nSPS) is 15.2. The molecule has 4 N–H and O–H groups in total. The minimum atomic E-state index is -1.75. The predicted octanol–water partition coefficient (Wildman–Crippen LogP) is -0.797. The Morgan fingerprint density at radius 2 is 1.62 bits per heavy atom. The number of esters is 1. The number of aliphatic hydroxyl groups is 4. The van der Waals surface area contributed by atoms with Crippen LogP contribution in [0.4, 0.5) is 0 Å². The lowest BCUT2D eigenvalue weighted by molar-refractivity contribution is -0.171. The highest BCUT2D eigenvalue weighted by Gasteiger charge is 2.26. The van der Waals surface area contributed by atoms with E-state index in [0.29, 0.717) is 6.42 Å². The first-order valence-electron chi connectivity index (χ1n) is 5.32. The lowest BCUT2D eigenvalue weighted by Gasteiger charge is -2.20. The largest absolute Gasteiger partial charge is 0.465 e. The second-order valence-electron chi connectivity index (χ2n) is 3.64. The van der Waals surface area contributed by atoms with Crippen LogP contribution in [-0.2, 0) is 9.53 Å². The molecule has 16 heavy (non-hydrogen) atoms. The molecule has 6 nitrogen and oxygen atoms in total. The molecule has 0 aromatic carbocycles. The molecule has 0 spiro atoms. The number of carbonyl (C=O) groups excluding carboxylic acids is 1. The van der Waals surface area contributed by atoms with Crippen LogP contribution in [-0.4, -0.2) is 45.6 Å². The Morgan fingerprint density at radius 3 is 1.94 bits per heavy atom. The van der Waals surface area contributed by atoms with Crippen LogP contribution in [0.5, 0.6) is 0 Å². The maximum Gasteiger partial charge on any atom is 0.314 e. The van der Waals surface area contributed by atoms with Gasteiger partial charge in [-0.3, -0.25) is 4.79 Å². The van der Waals surface area contributed by atoms with Gasteiger partial charge >= 0.3 is 5.97 Å². The summed E-state index contributed by atoms with van der Waals surface area (Å²) in [5, 5.41) is 35.5. The number of carbonyl (C=O) groups is 1. The molecule has 0 radical (unpaired) electrons. The molecular formula is C10H20O6. The summed E-state index contributed by atoms with van der Waals surface area (Å²) >= 11 is 0. The van der Waals surface area contributed by atoms with E-state index < -0.39 is 30.4 Å². The molecule has 2 unspecified atom stereocenters. The van der Waals surface area contributed by atoms with Gasteiger partial charge in [0.25, 0.3) is 0 Å². The van der Waals surface area contributed by atoms with Gasteiger partial charge in [-0.2, -0.15) is 0 Å². The van der Waals surface area contributed by atoms with Crippen molar-refractivity contribution in [2.24, 2.45) is 11.8 Å². The van der Waals surface area contributed by atoms with Crippen molar-refractivity contribution in [3.8, 4) is 0 Å². The van der Waals surface area contributed by atoms with E-state index >= 15 is 0 Å². The highest BCUT2D eigenvalue weighted by atomic mass is 16.5. The SMILES string of the molecule is CCC(COC(=O)C(CC)C(O)O)C(O)O. The van der Waals surface area contributed by atoms with Gasteiger partial charge in [-0.15, -0.1) is 0 Å². The van der Waals surface area contributed by atoms with Crippen LogP contribution >= 0.6 is 0 Å². The number of aliphatic hydroxyl groups excluding tert-OH is 2. The minimum absolute atomic E-state index is 0.143. The van der Waals surface area contributed by atoms with Gasteiger partial charge in [0.15, 0.2) is 12.6 Å². The zero-order valence-electron chi connectivity index (χ0n) is 9.54. The first kappa shape index (κ1) is 15.3. The van der Waals surface area contributed by atoms with Crippen LogP contribution in [0.2, 0.25) is 0 Å². The molecule has 0 saturated heterocycles. The summed E-state index contributed by atoms with van der Waals surface area (Å²) < 4.78 is 4.79. The quantitative estimate of drug-likeness (QED) is 0.340. The topological polar surface area (TPSA) is 107 Å². The van der Waals surface area contributed by atoms with Gasteiger partial charge < -0.3 is 25.2 Å². The minimum Gasteiger partial charge on any atom is -0.465 e. The van der Waals surface area contributed by atoms with Crippen molar-refractivity contribution in [1.29, 1.82) is 0 Å². The standard InChI is InChI=1S/C10H20O6/c1-3-6(8(11)12)5-16-10(15)7(4-2)9(13)14/h6-9,11-14H,3-5H2,1-2H3. The van der Waals surface area contributed by atoms with Crippen LogP contribution in [0, 0.1) is 11.8 Å². The van der Waals surface area contributed by atoms with Gasteiger partial charge in [0.1, 0.15) is 5.92 Å². The maximum atomic E-state index is 11.4. The lowest BCUT2D eigenvalue weighted by atomic mass is 10.1. The Bertz CT molecular complexity index is 203. The van der Waals surface area contributed by atoms with E-state index in [0.717, 1.165) is 0 Å². The molecule has 0 saturated carbocycles. The Kier molecular flexibility index (Phi) is 7.24. The molecule has 0 heterocycles. The molecule has 0 aliphatic rings. The van der Waals surface area contributed by atoms with E-state index in [1.54, 1.807) is 13.8 Å². The third-order valence-electron chi connectivity index (χ3n) is 2.49. The summed E-state index contributed by atoms with van der Waals surface area (Å²) in [6.45, 7) is 3.22. The monoisotopic (exact) mass is 236 g/mol. The first-order chi connectivity index (χ1) is 7.43. The Morgan fingerprint density at radius 1 is 1.06 bits per heavy atom. The fraction of sp³-hybridized carbons (Fsp3) is 0.900. The van der Waals surface area contributed by atoms with Crippen LogP contribution in [0.3, 0.4) is 0 Å². The molecule has 0 bridgehead atoms. The molecule has 0 aliphatic carbocycles. The Labute approximate surface area is 94.5 Å². The molecule has 6 heteroatoms. The predicted molar refractivity (Wildman–Crippen MR) is 55.0 cm³/mol. The van der Waals surface area contributed by atoms with Gasteiger partial charge in [0.2, 0.25) is 0 Å². The fourth-order valence-corrected chi connectivity index (χ4v) is 1.21. The van der Waals surface area contributed by atoms with Gasteiger partial charge in [-0.25, -0.2) is 0 Å². The molecule has 2 atom stereocenters. The second kappa shape index (κ2) is 7.56. The first-order valence-corrected chi connectivity index (χ1v) is 5.32. The molecule has 0 amide bonds. The third-order valence-corrected chi connectivity index (χ3v) is 2.49. The maximum absolute atomic E-state index is 11.4. The summed E-state index contributed by atoms with van der Waals surface area (Å²) in [7, 11) is 0. The zero-order valence-corrected chi connectivity index (χ0v) is 9.54. The average molecular weight is 236 g/mol. The highest BCUT2D eigenvalue weighted by molar-refractivity contribution is 5.72. The van der Waals surface area contributed by atoms with Gasteiger partial charge in [-0.05, 0) is 12.8 Å². The summed E-state index contributed by atoms with van der Waals surface area (Å²) in [6.07, 6.45) is -2.60. The van der Waals surface area contributed by atoms with Crippen molar-refractivity contribution in [2.45, 2.75) is 39.3 Å². The average Bonchev–Trinajstić information content (AvgIpc) is 2.18. The summed E-state index contributed by atoms with van der Waals surface area (Å²) in [4.78, 5) is 11.4. The Hall–Kier alpha value is -0.690. The molecule has 0 fully saturated rings. The highest BCUT2D eigenvalue weighted by Crippen LogP contribution is 2.12. The number of hydrogen-bond acceptors (Lipinski definition) is 6. The van der Waals surface area contributed by atoms with Crippen molar-refractivity contribution >= 4 is 5.97 Å². The van der Waals surface area contributed by atoms with Gasteiger partial charge in [0, 0.05) is 5.92 Å². The number of rotatable bonds is 7. The smallest absolute Gasteiger partial charge is 0.314 e. The van der Waals surface area contributed by atoms with Crippen LogP contribution in [0.15, 0.2) is 0 Å². The Balaban J connectivity index is 4.13. The molecule has 96 valence electrons. The van der Waals surface area contributed by atoms with E-state index in [1.807, 2.05) is 0 Å². The van der Waals surface area contributed by atoms with Crippen molar-refractivity contribution in [3.63, 3.8) is 0 Å². The zero-order chi connectivity index (χ0) is 12.7. The van der Waals surface area contributed by atoms with E-state index in [2.05, 4.69) is 0 Å². The van der Waals surface area contributed by atoms with E-state index in [-0.39, 0.29) is 13.0 Å². The summed E-state index contributed by atoms with van der Waals surface area (Å²) in [5.74, 6) is -2.29. The van der Waals surface area contributed by atoms with Gasteiger partial charge in [0.05, 0.1) is 6.61 Å². The molecular weight excluding hydrogens is 216 g/mol. The van der Waals surface area contributed by atoms with Crippen LogP contribution in [0.25, 0.3) is 0 Å². The van der Waals surface area contributed by atoms with Gasteiger partial charge in [-0.1, -0.05) is 13.8 Å². The third kappa shape index (κ3) is 4.89. The van der Waals surface area contributed by atoms with E-state index in [9.17, 15) is 4.79 Å². The van der Waals surface area contributed by atoms with Crippen LogP contribution in [0.1, 0.15) is 26.7 Å². The van der Waals surface area contributed by atoms with Crippen molar-refractivity contribution < 1.29 is 30.0 Å². The lowest BCUT2D eigenvalue weighted by Crippen LogP contribution is -2.32. The summed E-state index contributed by atoms with van der Waals surface area (Å²) in [5.41, 5.74) is 0. The van der Waals surface area contributed by atoms with E-state index in [4.69, 9.17) is 25.2 Å². The van der Waals surface area contributed by atoms with E-state index in [1.165, 1.54) is 0 Å². The van der Waals surface area contributed by atoms with Crippen molar-refractivity contribution in [2.75, 3.05) is 6.61 Å². The fourth-order valence-electron chi connectivity index (χ4n) is 1.21. The summed E-state index contributed by atoms with van der Waals surface area (Å²) in [6, 6.07) is 0.